The summed E-state index contributed by atoms with van der Waals surface area (Å²) in [5, 5.41) is 0. The maximum Gasteiger partial charge on any atom is 0.329 e. The molecule has 1 aliphatic heterocycles. The molecule has 0 radical (unpaired) electrons. The van der Waals surface area contributed by atoms with Crippen molar-refractivity contribution in [2.24, 2.45) is 0 Å². The van der Waals surface area contributed by atoms with Crippen molar-refractivity contribution in [2.75, 3.05) is 5.73 Å². The molecular weight excluding hydrogens is 304 g/mol. The molecule has 2 N–H and O–H groups in total. The summed E-state index contributed by atoms with van der Waals surface area (Å²) < 4.78 is 5.39. The lowest BCUT2D eigenvalue weighted by Crippen LogP contribution is -2.39. The standard InChI is InChI=1S/C19H20N2O3/c20-16-8-6-15(7-9-16)13-24-19(23)17-10-11-18(22)21(17)12-14-4-2-1-3-5-14/h1-9,17H,10-13,20H2/t17-/m0/s1. The molecule has 0 aromatic heterocycles. The number of ether oxygens (including phenoxy) is 1. The summed E-state index contributed by atoms with van der Waals surface area (Å²) in [6, 6.07) is 16.3. The maximum absolute atomic E-state index is 12.4. The Balaban J connectivity index is 1.62. The van der Waals surface area contributed by atoms with Crippen LogP contribution in [0.25, 0.3) is 0 Å². The monoisotopic (exact) mass is 324 g/mol. The average molecular weight is 324 g/mol. The zero-order valence-electron chi connectivity index (χ0n) is 13.4. The van der Waals surface area contributed by atoms with Crippen LogP contribution in [-0.4, -0.2) is 22.8 Å². The number of benzene rings is 2. The van der Waals surface area contributed by atoms with Gasteiger partial charge in [0.25, 0.3) is 0 Å². The van der Waals surface area contributed by atoms with E-state index < -0.39 is 6.04 Å². The summed E-state index contributed by atoms with van der Waals surface area (Å²) in [5.74, 6) is -0.359. The van der Waals surface area contributed by atoms with E-state index in [0.717, 1.165) is 11.1 Å². The van der Waals surface area contributed by atoms with Gasteiger partial charge in [-0.2, -0.15) is 0 Å². The van der Waals surface area contributed by atoms with Crippen molar-refractivity contribution in [1.82, 2.24) is 4.90 Å². The third-order valence-corrected chi connectivity index (χ3v) is 4.16. The van der Waals surface area contributed by atoms with Gasteiger partial charge in [-0.15, -0.1) is 0 Å². The number of carbonyl (C=O) groups is 2. The molecule has 1 fully saturated rings. The van der Waals surface area contributed by atoms with Gasteiger partial charge >= 0.3 is 5.97 Å². The third-order valence-electron chi connectivity index (χ3n) is 4.16. The number of likely N-dealkylation sites (tertiary alicyclic amines) is 1. The third kappa shape index (κ3) is 3.74. The minimum atomic E-state index is -0.508. The van der Waals surface area contributed by atoms with Gasteiger partial charge in [-0.05, 0) is 29.7 Å². The van der Waals surface area contributed by atoms with Crippen LogP contribution >= 0.6 is 0 Å². The number of nitrogens with zero attached hydrogens (tertiary/aromatic N) is 1. The average Bonchev–Trinajstić information content (AvgIpc) is 2.96. The lowest BCUT2D eigenvalue weighted by atomic mass is 10.2. The molecule has 0 aliphatic carbocycles. The Hall–Kier alpha value is -2.82. The lowest BCUT2D eigenvalue weighted by molar-refractivity contribution is -0.153. The first-order valence-electron chi connectivity index (χ1n) is 7.98. The highest BCUT2D eigenvalue weighted by Crippen LogP contribution is 2.23. The number of amides is 1. The minimum Gasteiger partial charge on any atom is -0.459 e. The zero-order valence-corrected chi connectivity index (χ0v) is 13.4. The molecule has 1 aliphatic rings. The van der Waals surface area contributed by atoms with Gasteiger partial charge in [0.1, 0.15) is 12.6 Å². The van der Waals surface area contributed by atoms with Crippen LogP contribution in [0.3, 0.4) is 0 Å². The van der Waals surface area contributed by atoms with Gasteiger partial charge in [-0.25, -0.2) is 4.79 Å². The van der Waals surface area contributed by atoms with Gasteiger partial charge in [0.15, 0.2) is 0 Å². The lowest BCUT2D eigenvalue weighted by Gasteiger charge is -2.23. The molecule has 124 valence electrons. The second-order valence-corrected chi connectivity index (χ2v) is 5.91. The van der Waals surface area contributed by atoms with Gasteiger partial charge in [0.05, 0.1) is 0 Å². The second kappa shape index (κ2) is 7.17. The van der Waals surface area contributed by atoms with Crippen molar-refractivity contribution < 1.29 is 14.3 Å². The smallest absolute Gasteiger partial charge is 0.329 e. The summed E-state index contributed by atoms with van der Waals surface area (Å²) in [7, 11) is 0. The number of esters is 1. The molecule has 5 heteroatoms. The van der Waals surface area contributed by atoms with E-state index in [1.807, 2.05) is 42.5 Å². The van der Waals surface area contributed by atoms with Crippen molar-refractivity contribution >= 4 is 17.6 Å². The summed E-state index contributed by atoms with van der Waals surface area (Å²) in [4.78, 5) is 26.1. The summed E-state index contributed by atoms with van der Waals surface area (Å²) in [6.45, 7) is 0.615. The molecule has 5 nitrogen and oxygen atoms in total. The van der Waals surface area contributed by atoms with E-state index in [9.17, 15) is 9.59 Å². The maximum atomic E-state index is 12.4. The van der Waals surface area contributed by atoms with E-state index in [1.54, 1.807) is 17.0 Å². The van der Waals surface area contributed by atoms with Crippen molar-refractivity contribution in [3.8, 4) is 0 Å². The molecule has 0 bridgehead atoms. The van der Waals surface area contributed by atoms with E-state index in [4.69, 9.17) is 10.5 Å². The number of hydrogen-bond donors (Lipinski definition) is 1. The Labute approximate surface area is 141 Å². The molecule has 1 atom stereocenters. The number of nitrogens with two attached hydrogens (primary N) is 1. The van der Waals surface area contributed by atoms with Crippen LogP contribution < -0.4 is 5.73 Å². The molecule has 3 rings (SSSR count). The van der Waals surface area contributed by atoms with E-state index in [1.165, 1.54) is 0 Å². The fourth-order valence-electron chi connectivity index (χ4n) is 2.82. The highest BCUT2D eigenvalue weighted by molar-refractivity contribution is 5.88. The first-order valence-corrected chi connectivity index (χ1v) is 7.98. The molecule has 1 saturated heterocycles. The molecule has 0 spiro atoms. The van der Waals surface area contributed by atoms with E-state index in [0.29, 0.717) is 25.1 Å². The van der Waals surface area contributed by atoms with Crippen molar-refractivity contribution in [3.05, 3.63) is 65.7 Å². The van der Waals surface area contributed by atoms with Crippen LogP contribution in [-0.2, 0) is 27.5 Å². The van der Waals surface area contributed by atoms with Crippen molar-refractivity contribution in [2.45, 2.75) is 32.0 Å². The number of carbonyl (C=O) groups excluding carboxylic acids is 2. The zero-order chi connectivity index (χ0) is 16.9. The molecule has 1 heterocycles. The minimum absolute atomic E-state index is 0.00622. The van der Waals surface area contributed by atoms with Crippen LogP contribution in [0, 0.1) is 0 Å². The Morgan fingerprint density at radius 2 is 1.79 bits per heavy atom. The predicted molar refractivity (Wildman–Crippen MR) is 90.7 cm³/mol. The summed E-state index contributed by atoms with van der Waals surface area (Å²) >= 11 is 0. The molecule has 1 amide bonds. The van der Waals surface area contributed by atoms with Gasteiger partial charge < -0.3 is 15.4 Å². The fraction of sp³-hybridized carbons (Fsp3) is 0.263. The van der Waals surface area contributed by atoms with Gasteiger partial charge in [-0.3, -0.25) is 4.79 Å². The van der Waals surface area contributed by atoms with Crippen LogP contribution in [0.4, 0.5) is 5.69 Å². The van der Waals surface area contributed by atoms with E-state index >= 15 is 0 Å². The first-order chi connectivity index (χ1) is 11.6. The molecular formula is C19H20N2O3. The SMILES string of the molecule is Nc1ccc(COC(=O)[C@@H]2CCC(=O)N2Cc2ccccc2)cc1. The van der Waals surface area contributed by atoms with E-state index in [2.05, 4.69) is 0 Å². The molecule has 24 heavy (non-hydrogen) atoms. The molecule has 0 unspecified atom stereocenters. The summed E-state index contributed by atoms with van der Waals surface area (Å²) in [5.41, 5.74) is 8.18. The highest BCUT2D eigenvalue weighted by Gasteiger charge is 2.37. The quantitative estimate of drug-likeness (QED) is 0.677. The normalized spacial score (nSPS) is 17.1. The van der Waals surface area contributed by atoms with E-state index in [-0.39, 0.29) is 18.5 Å². The van der Waals surface area contributed by atoms with Crippen LogP contribution in [0.5, 0.6) is 0 Å². The topological polar surface area (TPSA) is 72.6 Å². The van der Waals surface area contributed by atoms with Gasteiger partial charge in [0, 0.05) is 18.7 Å². The van der Waals surface area contributed by atoms with Gasteiger partial charge in [0.2, 0.25) is 5.91 Å². The van der Waals surface area contributed by atoms with Crippen LogP contribution in [0.1, 0.15) is 24.0 Å². The number of nitrogen functional groups attached to an aromatic ring is 1. The molecule has 2 aromatic carbocycles. The largest absolute Gasteiger partial charge is 0.459 e. The van der Waals surface area contributed by atoms with Crippen LogP contribution in [0.15, 0.2) is 54.6 Å². The van der Waals surface area contributed by atoms with Crippen molar-refractivity contribution in [3.63, 3.8) is 0 Å². The van der Waals surface area contributed by atoms with Crippen molar-refractivity contribution in [1.29, 1.82) is 0 Å². The number of anilines is 1. The second-order valence-electron chi connectivity index (χ2n) is 5.91. The number of rotatable bonds is 5. The molecule has 2 aromatic rings. The highest BCUT2D eigenvalue weighted by atomic mass is 16.5. The predicted octanol–water partition coefficient (Wildman–Crippen LogP) is 2.50. The number of hydrogen-bond acceptors (Lipinski definition) is 4. The van der Waals surface area contributed by atoms with Crippen LogP contribution in [0.2, 0.25) is 0 Å². The Kier molecular flexibility index (Phi) is 4.79. The Morgan fingerprint density at radius 3 is 2.50 bits per heavy atom. The summed E-state index contributed by atoms with van der Waals surface area (Å²) in [6.07, 6.45) is 0.890. The fourth-order valence-corrected chi connectivity index (χ4v) is 2.82. The Morgan fingerprint density at radius 1 is 1.08 bits per heavy atom. The molecule has 0 saturated carbocycles. The Bertz CT molecular complexity index is 713. The first kappa shape index (κ1) is 16.1. The van der Waals surface area contributed by atoms with Gasteiger partial charge in [-0.1, -0.05) is 42.5 Å².